The van der Waals surface area contributed by atoms with Crippen LogP contribution in [0.5, 0.6) is 0 Å². The minimum Gasteiger partial charge on any atom is -0.476 e. The van der Waals surface area contributed by atoms with Crippen molar-refractivity contribution >= 4 is 17.7 Å². The van der Waals surface area contributed by atoms with E-state index in [0.29, 0.717) is 12.2 Å². The Hall–Kier alpha value is -2.97. The largest absolute Gasteiger partial charge is 0.476 e. The van der Waals surface area contributed by atoms with E-state index < -0.39 is 5.97 Å². The van der Waals surface area contributed by atoms with Crippen molar-refractivity contribution in [1.82, 2.24) is 25.3 Å². The molecule has 0 saturated carbocycles. The number of pyridine rings is 1. The summed E-state index contributed by atoms with van der Waals surface area (Å²) < 4.78 is 1.35. The second kappa shape index (κ2) is 6.46. The van der Waals surface area contributed by atoms with E-state index >= 15 is 0 Å². The van der Waals surface area contributed by atoms with Crippen LogP contribution >= 0.6 is 0 Å². The van der Waals surface area contributed by atoms with Crippen LogP contribution in [0.3, 0.4) is 0 Å². The molecule has 0 fully saturated rings. The summed E-state index contributed by atoms with van der Waals surface area (Å²) in [4.78, 5) is 26.2. The lowest BCUT2D eigenvalue weighted by Gasteiger charge is -2.08. The van der Waals surface area contributed by atoms with E-state index in [0.717, 1.165) is 5.56 Å². The molecule has 0 radical (unpaired) electrons. The average Bonchev–Trinajstić information content (AvgIpc) is 2.90. The number of carboxylic acids is 1. The lowest BCUT2D eigenvalue weighted by molar-refractivity contribution is 0.0690. The van der Waals surface area contributed by atoms with Crippen molar-refractivity contribution in [1.29, 1.82) is 0 Å². The Balaban J connectivity index is 1.79. The maximum absolute atomic E-state index is 11.7. The van der Waals surface area contributed by atoms with Crippen LogP contribution < -0.4 is 10.6 Å². The second-order valence-electron chi connectivity index (χ2n) is 4.24. The van der Waals surface area contributed by atoms with Crippen molar-refractivity contribution < 1.29 is 14.7 Å². The summed E-state index contributed by atoms with van der Waals surface area (Å²) in [5, 5.41) is 21.1. The summed E-state index contributed by atoms with van der Waals surface area (Å²) in [7, 11) is 0. The molecule has 2 amide bonds. The molecule has 110 valence electrons. The molecule has 2 aromatic rings. The summed E-state index contributed by atoms with van der Waals surface area (Å²) in [6.45, 7) is 2.47. The second-order valence-corrected chi connectivity index (χ2v) is 4.24. The number of anilines is 1. The number of aryl methyl sites for hydroxylation is 1. The van der Waals surface area contributed by atoms with Gasteiger partial charge in [0.15, 0.2) is 5.69 Å². The van der Waals surface area contributed by atoms with E-state index in [1.165, 1.54) is 10.9 Å². The fraction of sp³-hybridized carbons (Fsp3) is 0.250. The Morgan fingerprint density at radius 1 is 1.43 bits per heavy atom. The van der Waals surface area contributed by atoms with Gasteiger partial charge in [-0.25, -0.2) is 14.3 Å². The fourth-order valence-corrected chi connectivity index (χ4v) is 1.55. The number of nitrogens with zero attached hydrogens (tertiary/aromatic N) is 4. The number of carbonyl (C=O) groups is 2. The molecule has 21 heavy (non-hydrogen) atoms. The zero-order chi connectivity index (χ0) is 15.2. The zero-order valence-corrected chi connectivity index (χ0v) is 11.3. The zero-order valence-electron chi connectivity index (χ0n) is 11.3. The number of hydrogen-bond donors (Lipinski definition) is 3. The summed E-state index contributed by atoms with van der Waals surface area (Å²) in [5.74, 6) is -1.14. The number of carbonyl (C=O) groups excluding carboxylic acids is 1. The van der Waals surface area contributed by atoms with E-state index in [1.807, 2.05) is 6.92 Å². The quantitative estimate of drug-likeness (QED) is 0.737. The van der Waals surface area contributed by atoms with Gasteiger partial charge in [0.2, 0.25) is 0 Å². The molecule has 2 rings (SSSR count). The molecule has 0 unspecified atom stereocenters. The van der Waals surface area contributed by atoms with Crippen LogP contribution in [0, 0.1) is 6.92 Å². The van der Waals surface area contributed by atoms with Crippen molar-refractivity contribution in [2.24, 2.45) is 0 Å². The summed E-state index contributed by atoms with van der Waals surface area (Å²) in [6.07, 6.45) is 4.50. The Morgan fingerprint density at radius 3 is 2.90 bits per heavy atom. The van der Waals surface area contributed by atoms with E-state index in [4.69, 9.17) is 5.11 Å². The van der Waals surface area contributed by atoms with Crippen LogP contribution in [-0.2, 0) is 6.54 Å². The molecule has 2 heterocycles. The van der Waals surface area contributed by atoms with Gasteiger partial charge in [0, 0.05) is 12.7 Å². The Kier molecular flexibility index (Phi) is 4.44. The summed E-state index contributed by atoms with van der Waals surface area (Å²) >= 11 is 0. The molecule has 3 N–H and O–H groups in total. The molecule has 0 atom stereocenters. The topological polar surface area (TPSA) is 122 Å². The lowest BCUT2D eigenvalue weighted by Crippen LogP contribution is -2.31. The van der Waals surface area contributed by atoms with Gasteiger partial charge in [-0.1, -0.05) is 5.21 Å². The number of urea groups is 1. The number of amides is 2. The smallest absolute Gasteiger partial charge is 0.358 e. The lowest BCUT2D eigenvalue weighted by atomic mass is 10.2. The monoisotopic (exact) mass is 290 g/mol. The van der Waals surface area contributed by atoms with E-state index in [9.17, 15) is 9.59 Å². The predicted molar refractivity (Wildman–Crippen MR) is 73.0 cm³/mol. The third-order valence-electron chi connectivity index (χ3n) is 2.67. The molecule has 0 spiro atoms. The van der Waals surface area contributed by atoms with Gasteiger partial charge in [0.1, 0.15) is 0 Å². The van der Waals surface area contributed by atoms with Crippen LogP contribution in [0.2, 0.25) is 0 Å². The third kappa shape index (κ3) is 4.00. The molecule has 0 bridgehead atoms. The Bertz CT molecular complexity index is 654. The van der Waals surface area contributed by atoms with Crippen molar-refractivity contribution in [2.45, 2.75) is 13.5 Å². The highest BCUT2D eigenvalue weighted by Gasteiger charge is 2.08. The fourth-order valence-electron chi connectivity index (χ4n) is 1.55. The molecule has 0 saturated heterocycles. The minimum absolute atomic E-state index is 0.134. The van der Waals surface area contributed by atoms with Crippen LogP contribution in [0.4, 0.5) is 10.5 Å². The van der Waals surface area contributed by atoms with Crippen molar-refractivity contribution in [3.8, 4) is 0 Å². The first-order valence-electron chi connectivity index (χ1n) is 6.15. The van der Waals surface area contributed by atoms with Crippen LogP contribution in [0.15, 0.2) is 24.7 Å². The summed E-state index contributed by atoms with van der Waals surface area (Å²) in [5.41, 5.74) is 1.40. The van der Waals surface area contributed by atoms with Gasteiger partial charge < -0.3 is 15.7 Å². The highest BCUT2D eigenvalue weighted by molar-refractivity contribution is 5.89. The molecule has 0 aromatic carbocycles. The van der Waals surface area contributed by atoms with Crippen LogP contribution in [0.25, 0.3) is 0 Å². The highest BCUT2D eigenvalue weighted by atomic mass is 16.4. The van der Waals surface area contributed by atoms with Gasteiger partial charge in [-0.2, -0.15) is 0 Å². The number of nitrogens with one attached hydrogen (secondary N) is 2. The molecular formula is C12H14N6O3. The molecule has 0 aliphatic heterocycles. The van der Waals surface area contributed by atoms with E-state index in [1.54, 1.807) is 18.5 Å². The first-order valence-corrected chi connectivity index (χ1v) is 6.15. The van der Waals surface area contributed by atoms with Gasteiger partial charge >= 0.3 is 12.0 Å². The number of rotatable bonds is 5. The van der Waals surface area contributed by atoms with E-state index in [-0.39, 0.29) is 18.3 Å². The molecule has 2 aromatic heterocycles. The van der Waals surface area contributed by atoms with Gasteiger partial charge in [0.25, 0.3) is 0 Å². The normalized spacial score (nSPS) is 10.1. The highest BCUT2D eigenvalue weighted by Crippen LogP contribution is 2.10. The SMILES string of the molecule is Cc1ccncc1NC(=O)NCCn1cc(C(=O)O)nn1. The minimum atomic E-state index is -1.14. The first kappa shape index (κ1) is 14.4. The molecule has 9 heteroatoms. The first-order chi connectivity index (χ1) is 10.1. The van der Waals surface area contributed by atoms with Crippen molar-refractivity contribution in [3.05, 3.63) is 35.9 Å². The Morgan fingerprint density at radius 2 is 2.24 bits per heavy atom. The molecular weight excluding hydrogens is 276 g/mol. The average molecular weight is 290 g/mol. The van der Waals surface area contributed by atoms with Crippen molar-refractivity contribution in [3.63, 3.8) is 0 Å². The van der Waals surface area contributed by atoms with Crippen LogP contribution in [0.1, 0.15) is 16.1 Å². The molecule has 0 aliphatic carbocycles. The van der Waals surface area contributed by atoms with Gasteiger partial charge in [0.05, 0.1) is 24.6 Å². The van der Waals surface area contributed by atoms with Gasteiger partial charge in [-0.15, -0.1) is 5.10 Å². The number of carboxylic acid groups (broad SMARTS) is 1. The Labute approximate surface area is 120 Å². The number of hydrogen-bond acceptors (Lipinski definition) is 5. The van der Waals surface area contributed by atoms with Gasteiger partial charge in [-0.05, 0) is 18.6 Å². The molecule has 0 aliphatic rings. The number of aromatic nitrogens is 4. The third-order valence-corrected chi connectivity index (χ3v) is 2.67. The summed E-state index contributed by atoms with van der Waals surface area (Å²) in [6, 6.07) is 1.42. The van der Waals surface area contributed by atoms with Crippen molar-refractivity contribution in [2.75, 3.05) is 11.9 Å². The molecule has 9 nitrogen and oxygen atoms in total. The number of aromatic carboxylic acids is 1. The van der Waals surface area contributed by atoms with E-state index in [2.05, 4.69) is 25.9 Å². The predicted octanol–water partition coefficient (Wildman–Crippen LogP) is 0.501. The standard InChI is InChI=1S/C12H14N6O3/c1-8-2-3-13-6-9(8)15-12(21)14-4-5-18-7-10(11(19)20)16-17-18/h2-3,6-7H,4-5H2,1H3,(H,19,20)(H2,14,15,21). The van der Waals surface area contributed by atoms with Gasteiger partial charge in [-0.3, -0.25) is 4.98 Å². The maximum Gasteiger partial charge on any atom is 0.358 e. The maximum atomic E-state index is 11.7. The van der Waals surface area contributed by atoms with Crippen LogP contribution in [-0.4, -0.2) is 43.6 Å².